The summed E-state index contributed by atoms with van der Waals surface area (Å²) in [4.78, 5) is 23.6. The first-order valence-electron chi connectivity index (χ1n) is 12.5. The highest BCUT2D eigenvalue weighted by Crippen LogP contribution is 2.66. The Hall–Kier alpha value is -1.62. The Bertz CT molecular complexity index is 839. The summed E-state index contributed by atoms with van der Waals surface area (Å²) in [6.45, 7) is 10.2. The highest BCUT2D eigenvalue weighted by molar-refractivity contribution is 5.71. The van der Waals surface area contributed by atoms with Crippen LogP contribution in [-0.2, 0) is 19.1 Å². The first-order valence-corrected chi connectivity index (χ1v) is 12.5. The van der Waals surface area contributed by atoms with E-state index in [1.54, 1.807) is 13.8 Å². The van der Waals surface area contributed by atoms with Gasteiger partial charge in [0, 0.05) is 13.3 Å². The number of hydrogen-bond donors (Lipinski definition) is 1. The van der Waals surface area contributed by atoms with Crippen molar-refractivity contribution in [3.8, 4) is 0 Å². The van der Waals surface area contributed by atoms with Gasteiger partial charge in [0.15, 0.2) is 0 Å². The third-order valence-corrected chi connectivity index (χ3v) is 9.35. The van der Waals surface area contributed by atoms with Crippen LogP contribution >= 0.6 is 0 Å². The third-order valence-electron chi connectivity index (χ3n) is 9.35. The average molecular weight is 445 g/mol. The van der Waals surface area contributed by atoms with Crippen LogP contribution in [0.15, 0.2) is 23.3 Å². The maximum Gasteiger partial charge on any atom is 0.309 e. The molecule has 32 heavy (non-hydrogen) atoms. The molecule has 0 aliphatic heterocycles. The molecule has 4 rings (SSSR count). The minimum atomic E-state index is -1.16. The van der Waals surface area contributed by atoms with E-state index >= 15 is 0 Å². The van der Waals surface area contributed by atoms with Crippen LogP contribution in [-0.4, -0.2) is 35.4 Å². The molecule has 7 unspecified atom stereocenters. The second-order valence-corrected chi connectivity index (χ2v) is 11.3. The Morgan fingerprint density at radius 2 is 1.84 bits per heavy atom. The summed E-state index contributed by atoms with van der Waals surface area (Å²) in [5.74, 6) is 1.19. The molecule has 178 valence electrons. The van der Waals surface area contributed by atoms with Crippen molar-refractivity contribution in [1.82, 2.24) is 0 Å². The van der Waals surface area contributed by atoms with Crippen LogP contribution in [0.5, 0.6) is 0 Å². The van der Waals surface area contributed by atoms with Crippen molar-refractivity contribution in [3.63, 3.8) is 0 Å². The van der Waals surface area contributed by atoms with Crippen LogP contribution in [0.3, 0.4) is 0 Å². The lowest BCUT2D eigenvalue weighted by atomic mass is 9.47. The van der Waals surface area contributed by atoms with E-state index in [4.69, 9.17) is 9.47 Å². The molecule has 0 spiro atoms. The van der Waals surface area contributed by atoms with E-state index in [2.05, 4.69) is 26.0 Å². The van der Waals surface area contributed by atoms with Crippen molar-refractivity contribution >= 4 is 11.9 Å². The van der Waals surface area contributed by atoms with Gasteiger partial charge in [-0.25, -0.2) is 0 Å². The molecular weight excluding hydrogens is 404 g/mol. The molecule has 0 saturated heterocycles. The van der Waals surface area contributed by atoms with E-state index in [1.165, 1.54) is 12.5 Å². The van der Waals surface area contributed by atoms with Gasteiger partial charge >= 0.3 is 11.9 Å². The van der Waals surface area contributed by atoms with Crippen LogP contribution in [0.4, 0.5) is 0 Å². The third kappa shape index (κ3) is 3.85. The summed E-state index contributed by atoms with van der Waals surface area (Å²) in [5, 5.41) is 11.3. The van der Waals surface area contributed by atoms with Gasteiger partial charge in [-0.2, -0.15) is 0 Å². The Kier molecular flexibility index (Phi) is 6.11. The van der Waals surface area contributed by atoms with E-state index in [0.29, 0.717) is 24.4 Å². The predicted octanol–water partition coefficient (Wildman–Crippen LogP) is 5.12. The summed E-state index contributed by atoms with van der Waals surface area (Å²) in [6.07, 6.45) is 11.8. The molecule has 0 amide bonds. The zero-order valence-corrected chi connectivity index (χ0v) is 20.4. The molecular formula is C27H40O5. The molecule has 5 heteroatoms. The Labute approximate surface area is 192 Å². The van der Waals surface area contributed by atoms with Gasteiger partial charge in [-0.3, -0.25) is 9.59 Å². The first kappa shape index (κ1) is 23.5. The summed E-state index contributed by atoms with van der Waals surface area (Å²) in [5.41, 5.74) is 1.47. The molecule has 4 aliphatic carbocycles. The van der Waals surface area contributed by atoms with Crippen molar-refractivity contribution in [2.45, 2.75) is 97.7 Å². The molecule has 7 atom stereocenters. The van der Waals surface area contributed by atoms with E-state index in [9.17, 15) is 14.7 Å². The molecule has 1 N–H and O–H groups in total. The quantitative estimate of drug-likeness (QED) is 0.471. The first-order chi connectivity index (χ1) is 15.0. The van der Waals surface area contributed by atoms with Crippen molar-refractivity contribution in [3.05, 3.63) is 23.3 Å². The van der Waals surface area contributed by atoms with Crippen LogP contribution in [0.1, 0.15) is 86.0 Å². The van der Waals surface area contributed by atoms with Gasteiger partial charge in [-0.1, -0.05) is 31.6 Å². The number of fused-ring (bicyclic) bond motifs is 5. The molecule has 0 aromatic carbocycles. The SMILES string of the molecule is CCOC(=O)CC(C)(O)C1=CCC2C3CC=C4CC(OC(C)=O)CCC4(C)C3CCC12C. The van der Waals surface area contributed by atoms with E-state index in [-0.39, 0.29) is 35.3 Å². The maximum absolute atomic E-state index is 12.2. The van der Waals surface area contributed by atoms with Crippen LogP contribution < -0.4 is 0 Å². The number of hydrogen-bond acceptors (Lipinski definition) is 5. The zero-order valence-electron chi connectivity index (χ0n) is 20.4. The molecule has 5 nitrogen and oxygen atoms in total. The fraction of sp³-hybridized carbons (Fsp3) is 0.778. The normalized spacial score (nSPS) is 40.1. The lowest BCUT2D eigenvalue weighted by molar-refractivity contribution is -0.149. The summed E-state index contributed by atoms with van der Waals surface area (Å²) in [6, 6.07) is 0. The molecule has 0 heterocycles. The molecule has 0 aromatic heterocycles. The van der Waals surface area contributed by atoms with Crippen molar-refractivity contribution in [2.75, 3.05) is 6.61 Å². The topological polar surface area (TPSA) is 72.8 Å². The van der Waals surface area contributed by atoms with Crippen molar-refractivity contribution < 1.29 is 24.2 Å². The number of aliphatic hydroxyl groups is 1. The van der Waals surface area contributed by atoms with Gasteiger partial charge in [0.2, 0.25) is 0 Å². The molecule has 0 aromatic rings. The minimum absolute atomic E-state index is 0.0163. The summed E-state index contributed by atoms with van der Waals surface area (Å²) >= 11 is 0. The lowest BCUT2D eigenvalue weighted by Gasteiger charge is -2.58. The summed E-state index contributed by atoms with van der Waals surface area (Å²) < 4.78 is 10.7. The predicted molar refractivity (Wildman–Crippen MR) is 123 cm³/mol. The zero-order chi connectivity index (χ0) is 23.3. The molecule has 2 saturated carbocycles. The second-order valence-electron chi connectivity index (χ2n) is 11.3. The number of carbonyl (C=O) groups excluding carboxylic acids is 2. The molecule has 0 bridgehead atoms. The number of carbonyl (C=O) groups is 2. The Balaban J connectivity index is 1.54. The number of rotatable bonds is 5. The van der Waals surface area contributed by atoms with Gasteiger partial charge in [-0.05, 0) is 86.5 Å². The summed E-state index contributed by atoms with van der Waals surface area (Å²) in [7, 11) is 0. The Morgan fingerprint density at radius 3 is 2.53 bits per heavy atom. The monoisotopic (exact) mass is 444 g/mol. The van der Waals surface area contributed by atoms with Gasteiger partial charge in [0.05, 0.1) is 18.6 Å². The molecule has 0 radical (unpaired) electrons. The van der Waals surface area contributed by atoms with Crippen molar-refractivity contribution in [1.29, 1.82) is 0 Å². The Morgan fingerprint density at radius 1 is 1.12 bits per heavy atom. The van der Waals surface area contributed by atoms with Crippen LogP contribution in [0.2, 0.25) is 0 Å². The van der Waals surface area contributed by atoms with Gasteiger partial charge < -0.3 is 14.6 Å². The highest BCUT2D eigenvalue weighted by Gasteiger charge is 2.59. The number of ether oxygens (including phenoxy) is 2. The largest absolute Gasteiger partial charge is 0.466 e. The lowest BCUT2D eigenvalue weighted by Crippen LogP contribution is -2.51. The van der Waals surface area contributed by atoms with Gasteiger partial charge in [-0.15, -0.1) is 0 Å². The number of esters is 2. The van der Waals surface area contributed by atoms with Gasteiger partial charge in [0.1, 0.15) is 6.10 Å². The van der Waals surface area contributed by atoms with Gasteiger partial charge in [0.25, 0.3) is 0 Å². The fourth-order valence-corrected chi connectivity index (χ4v) is 7.95. The minimum Gasteiger partial charge on any atom is -0.466 e. The van der Waals surface area contributed by atoms with E-state index < -0.39 is 5.60 Å². The van der Waals surface area contributed by atoms with Crippen LogP contribution in [0, 0.1) is 28.6 Å². The van der Waals surface area contributed by atoms with Crippen LogP contribution in [0.25, 0.3) is 0 Å². The average Bonchev–Trinajstić information content (AvgIpc) is 3.06. The fourth-order valence-electron chi connectivity index (χ4n) is 7.95. The molecule has 4 aliphatic rings. The standard InChI is InChI=1S/C27H40O5/c1-6-31-24(29)16-27(5,30)23-10-9-21-20-8-7-18-15-19(32-17(2)28)11-13-25(18,3)22(20)12-14-26(21,23)4/h7,10,19-22,30H,6,8-9,11-16H2,1-5H3. The maximum atomic E-state index is 12.2. The van der Waals surface area contributed by atoms with Crippen molar-refractivity contribution in [2.24, 2.45) is 28.6 Å². The molecule has 2 fully saturated rings. The highest BCUT2D eigenvalue weighted by atomic mass is 16.5. The van der Waals surface area contributed by atoms with E-state index in [0.717, 1.165) is 50.5 Å². The smallest absolute Gasteiger partial charge is 0.309 e. The second kappa shape index (κ2) is 8.30. The van der Waals surface area contributed by atoms with E-state index in [1.807, 2.05) is 0 Å². The number of allylic oxidation sites excluding steroid dienone is 2.